The fraction of sp³-hybridized carbons (Fsp3) is 0. The molecule has 0 spiro atoms. The maximum atomic E-state index is 10.6. The normalized spacial score (nSPS) is 10.8. The highest BCUT2D eigenvalue weighted by Crippen LogP contribution is 2.12. The quantitative estimate of drug-likeness (QED) is 0.883. The van der Waals surface area contributed by atoms with Crippen LogP contribution in [0.1, 0.15) is 21.1 Å². The Morgan fingerprint density at radius 3 is 2.62 bits per heavy atom. The van der Waals surface area contributed by atoms with Gasteiger partial charge in [0.15, 0.2) is 0 Å². The van der Waals surface area contributed by atoms with Crippen molar-refractivity contribution in [2.24, 2.45) is 0 Å². The van der Waals surface area contributed by atoms with Crippen LogP contribution in [0.5, 0.6) is 0 Å². The first-order valence-corrected chi connectivity index (χ1v) is 5.55. The molecule has 0 aliphatic heterocycles. The number of carbonyl (C=O) groups is 1. The molecule has 2 rings (SSSR count). The molecule has 1 N–H and O–H groups in total. The van der Waals surface area contributed by atoms with Gasteiger partial charge in [0.05, 0.1) is 5.69 Å². The van der Waals surface area contributed by atoms with Gasteiger partial charge >= 0.3 is 5.97 Å². The third-order valence-electron chi connectivity index (χ3n) is 1.95. The summed E-state index contributed by atoms with van der Waals surface area (Å²) in [7, 11) is 0. The second-order valence-corrected chi connectivity index (χ2v) is 3.98. The average molecular weight is 231 g/mol. The molecule has 1 aromatic carbocycles. The smallest absolute Gasteiger partial charge is 0.365 e. The highest BCUT2D eigenvalue weighted by molar-refractivity contribution is 7.11. The van der Waals surface area contributed by atoms with Crippen molar-refractivity contribution in [1.82, 2.24) is 4.98 Å². The van der Waals surface area contributed by atoms with E-state index in [0.29, 0.717) is 5.69 Å². The summed E-state index contributed by atoms with van der Waals surface area (Å²) in [4.78, 5) is 14.6. The molecule has 16 heavy (non-hydrogen) atoms. The molecule has 1 aromatic heterocycles. The Morgan fingerprint density at radius 1 is 1.25 bits per heavy atom. The van der Waals surface area contributed by atoms with E-state index >= 15 is 0 Å². The second-order valence-electron chi connectivity index (χ2n) is 3.13. The molecule has 0 aliphatic carbocycles. The Bertz CT molecular complexity index is 517. The number of aromatic nitrogens is 1. The van der Waals surface area contributed by atoms with Gasteiger partial charge in [-0.3, -0.25) is 0 Å². The standard InChI is InChI=1S/C12H9NO2S/c14-12(15)11-13-10(8-16-11)7-6-9-4-2-1-3-5-9/h1-8H,(H,14,15). The summed E-state index contributed by atoms with van der Waals surface area (Å²) in [5.41, 5.74) is 1.73. The van der Waals surface area contributed by atoms with E-state index in [1.54, 1.807) is 11.5 Å². The summed E-state index contributed by atoms with van der Waals surface area (Å²) in [6, 6.07) is 9.79. The first kappa shape index (κ1) is 10.6. The SMILES string of the molecule is O=C(O)c1nc(C=Cc2ccccc2)cs1. The van der Waals surface area contributed by atoms with Crippen LogP contribution in [0.3, 0.4) is 0 Å². The lowest BCUT2D eigenvalue weighted by molar-refractivity contribution is 0.0696. The van der Waals surface area contributed by atoms with Gasteiger partial charge in [0.2, 0.25) is 5.01 Å². The predicted molar refractivity (Wildman–Crippen MR) is 64.4 cm³/mol. The van der Waals surface area contributed by atoms with Crippen molar-refractivity contribution in [3.63, 3.8) is 0 Å². The maximum absolute atomic E-state index is 10.6. The van der Waals surface area contributed by atoms with Crippen molar-refractivity contribution in [3.8, 4) is 0 Å². The molecule has 0 radical (unpaired) electrons. The van der Waals surface area contributed by atoms with Crippen molar-refractivity contribution < 1.29 is 9.90 Å². The molecular weight excluding hydrogens is 222 g/mol. The highest BCUT2D eigenvalue weighted by Gasteiger charge is 2.06. The maximum Gasteiger partial charge on any atom is 0.365 e. The monoisotopic (exact) mass is 231 g/mol. The van der Waals surface area contributed by atoms with Crippen molar-refractivity contribution in [2.75, 3.05) is 0 Å². The zero-order valence-electron chi connectivity index (χ0n) is 8.33. The number of carboxylic acids is 1. The largest absolute Gasteiger partial charge is 0.476 e. The van der Waals surface area contributed by atoms with Gasteiger partial charge in [0.25, 0.3) is 0 Å². The number of benzene rings is 1. The van der Waals surface area contributed by atoms with Gasteiger partial charge in [-0.1, -0.05) is 36.4 Å². The predicted octanol–water partition coefficient (Wildman–Crippen LogP) is 3.01. The second kappa shape index (κ2) is 4.72. The highest BCUT2D eigenvalue weighted by atomic mass is 32.1. The van der Waals surface area contributed by atoms with Crippen molar-refractivity contribution >= 4 is 29.5 Å². The van der Waals surface area contributed by atoms with Crippen LogP contribution in [-0.2, 0) is 0 Å². The fourth-order valence-corrected chi connectivity index (χ4v) is 1.83. The summed E-state index contributed by atoms with van der Waals surface area (Å²) in [5, 5.41) is 10.6. The van der Waals surface area contributed by atoms with Crippen LogP contribution >= 0.6 is 11.3 Å². The van der Waals surface area contributed by atoms with E-state index in [9.17, 15) is 4.79 Å². The van der Waals surface area contributed by atoms with E-state index in [1.165, 1.54) is 0 Å². The summed E-state index contributed by atoms with van der Waals surface area (Å²) in [5.74, 6) is -0.982. The molecule has 2 aromatic rings. The number of thiazole rings is 1. The third kappa shape index (κ3) is 2.55. The molecule has 80 valence electrons. The summed E-state index contributed by atoms with van der Waals surface area (Å²) < 4.78 is 0. The number of hydrogen-bond acceptors (Lipinski definition) is 3. The van der Waals surface area contributed by atoms with E-state index in [1.807, 2.05) is 36.4 Å². The molecule has 0 bridgehead atoms. The zero-order valence-corrected chi connectivity index (χ0v) is 9.15. The zero-order chi connectivity index (χ0) is 11.4. The molecule has 0 fully saturated rings. The Balaban J connectivity index is 2.15. The Hall–Kier alpha value is -1.94. The van der Waals surface area contributed by atoms with Crippen molar-refractivity contribution in [3.05, 3.63) is 52.0 Å². The molecule has 0 saturated carbocycles. The van der Waals surface area contributed by atoms with E-state index in [4.69, 9.17) is 5.11 Å². The molecule has 0 aliphatic rings. The van der Waals surface area contributed by atoms with E-state index in [0.717, 1.165) is 16.9 Å². The molecule has 0 amide bonds. The summed E-state index contributed by atoms with van der Waals surface area (Å²) in [6.45, 7) is 0. The molecule has 0 atom stereocenters. The minimum absolute atomic E-state index is 0.118. The molecule has 3 nitrogen and oxygen atoms in total. The number of hydrogen-bond donors (Lipinski definition) is 1. The van der Waals surface area contributed by atoms with Gasteiger partial charge < -0.3 is 5.11 Å². The third-order valence-corrected chi connectivity index (χ3v) is 2.80. The lowest BCUT2D eigenvalue weighted by atomic mass is 10.2. The van der Waals surface area contributed by atoms with Crippen molar-refractivity contribution in [2.45, 2.75) is 0 Å². The topological polar surface area (TPSA) is 50.2 Å². The van der Waals surface area contributed by atoms with Gasteiger partial charge in [0, 0.05) is 5.38 Å². The lowest BCUT2D eigenvalue weighted by Gasteiger charge is -1.89. The van der Waals surface area contributed by atoms with Crippen LogP contribution in [0.25, 0.3) is 12.2 Å². The van der Waals surface area contributed by atoms with Crippen LogP contribution in [-0.4, -0.2) is 16.1 Å². The number of carboxylic acid groups (broad SMARTS) is 1. The average Bonchev–Trinajstić information content (AvgIpc) is 2.76. The molecule has 0 saturated heterocycles. The molecule has 4 heteroatoms. The van der Waals surface area contributed by atoms with E-state index < -0.39 is 5.97 Å². The molecular formula is C12H9NO2S. The van der Waals surface area contributed by atoms with Crippen LogP contribution in [0.2, 0.25) is 0 Å². The summed E-state index contributed by atoms with van der Waals surface area (Å²) in [6.07, 6.45) is 3.71. The van der Waals surface area contributed by atoms with Crippen LogP contribution in [0.4, 0.5) is 0 Å². The van der Waals surface area contributed by atoms with Gasteiger partial charge in [-0.05, 0) is 11.6 Å². The Labute approximate surface area is 96.7 Å². The number of rotatable bonds is 3. The van der Waals surface area contributed by atoms with Gasteiger partial charge in [0.1, 0.15) is 0 Å². The van der Waals surface area contributed by atoms with Crippen molar-refractivity contribution in [1.29, 1.82) is 0 Å². The molecule has 0 unspecified atom stereocenters. The fourth-order valence-electron chi connectivity index (χ4n) is 1.21. The van der Waals surface area contributed by atoms with Crippen LogP contribution < -0.4 is 0 Å². The van der Waals surface area contributed by atoms with Gasteiger partial charge in [-0.2, -0.15) is 0 Å². The minimum atomic E-state index is -0.982. The van der Waals surface area contributed by atoms with Crippen LogP contribution in [0, 0.1) is 0 Å². The van der Waals surface area contributed by atoms with Gasteiger partial charge in [-0.15, -0.1) is 11.3 Å². The first-order valence-electron chi connectivity index (χ1n) is 4.67. The number of aromatic carboxylic acids is 1. The molecule has 1 heterocycles. The van der Waals surface area contributed by atoms with Crippen LogP contribution in [0.15, 0.2) is 35.7 Å². The summed E-state index contributed by atoms with van der Waals surface area (Å²) >= 11 is 1.13. The Morgan fingerprint density at radius 2 is 2.00 bits per heavy atom. The Kier molecular flexibility index (Phi) is 3.12. The van der Waals surface area contributed by atoms with E-state index in [2.05, 4.69) is 4.98 Å². The van der Waals surface area contributed by atoms with E-state index in [-0.39, 0.29) is 5.01 Å². The minimum Gasteiger partial charge on any atom is -0.476 e. The lowest BCUT2D eigenvalue weighted by Crippen LogP contribution is -1.93. The van der Waals surface area contributed by atoms with Gasteiger partial charge in [-0.25, -0.2) is 9.78 Å². The first-order chi connectivity index (χ1) is 7.75. The number of nitrogens with zero attached hydrogens (tertiary/aromatic N) is 1.